The molecule has 0 spiro atoms. The van der Waals surface area contributed by atoms with Gasteiger partial charge in [0.25, 0.3) is 0 Å². The van der Waals surface area contributed by atoms with E-state index in [1.807, 2.05) is 13.8 Å². The smallest absolute Gasteiger partial charge is 0.374 e. The van der Waals surface area contributed by atoms with Crippen LogP contribution in [-0.2, 0) is 13.3 Å². The van der Waals surface area contributed by atoms with Gasteiger partial charge in [-0.2, -0.15) is 0 Å². The molecule has 0 saturated carbocycles. The zero-order chi connectivity index (χ0) is 9.33. The van der Waals surface area contributed by atoms with Crippen LogP contribution in [-0.4, -0.2) is 30.1 Å². The van der Waals surface area contributed by atoms with Crippen LogP contribution in [0.1, 0.15) is 13.8 Å². The molecule has 0 unspecified atom stereocenters. The molecule has 0 aliphatic heterocycles. The number of hydrogen-bond donors (Lipinski definition) is 0. The minimum absolute atomic E-state index is 1.54. The maximum Gasteiger partial charge on any atom is 0.528 e. The molecule has 0 atom stereocenters. The Morgan fingerprint density at radius 1 is 1.00 bits per heavy atom. The van der Waals surface area contributed by atoms with Gasteiger partial charge in [0.2, 0.25) is 0 Å². The summed E-state index contributed by atoms with van der Waals surface area (Å²) in [5, 5.41) is 0. The molecule has 0 N–H and O–H groups in total. The summed E-state index contributed by atoms with van der Waals surface area (Å²) < 4.78 is 14.9. The van der Waals surface area contributed by atoms with Crippen LogP contribution in [0.4, 0.5) is 0 Å². The fourth-order valence-corrected chi connectivity index (χ4v) is 1.50. The molecule has 0 aliphatic carbocycles. The summed E-state index contributed by atoms with van der Waals surface area (Å²) in [7, 11) is 2.20. The normalized spacial score (nSPS) is 9.91. The molecule has 0 fully saturated rings. The average Bonchev–Trinajstić information content (AvgIpc) is 2.13. The maximum atomic E-state index is 4.96. The Hall–Kier alpha value is -0.163. The van der Waals surface area contributed by atoms with Crippen molar-refractivity contribution < 1.29 is 13.3 Å². The Labute approximate surface area is 70.3 Å². The topological polar surface area (TPSA) is 27.7 Å². The van der Waals surface area contributed by atoms with E-state index in [0.29, 0.717) is 0 Å². The molecule has 0 saturated heterocycles. The van der Waals surface area contributed by atoms with Crippen molar-refractivity contribution in [3.63, 3.8) is 0 Å². The predicted octanol–water partition coefficient (Wildman–Crippen LogP) is 1.62. The van der Waals surface area contributed by atoms with Crippen molar-refractivity contribution in [2.45, 2.75) is 13.8 Å². The Kier molecular flexibility index (Phi) is 9.69. The van der Waals surface area contributed by atoms with Crippen molar-refractivity contribution in [2.24, 2.45) is 0 Å². The first-order valence-electron chi connectivity index (χ1n) is 3.53. The van der Waals surface area contributed by atoms with Gasteiger partial charge < -0.3 is 13.3 Å². The molecule has 0 rings (SSSR count). The molecule has 0 aromatic rings. The van der Waals surface area contributed by atoms with E-state index in [2.05, 4.69) is 6.58 Å². The van der Waals surface area contributed by atoms with E-state index in [-0.39, 0.29) is 0 Å². The van der Waals surface area contributed by atoms with Crippen molar-refractivity contribution in [3.05, 3.63) is 12.3 Å². The molecule has 3 nitrogen and oxygen atoms in total. The number of hydrogen-bond acceptors (Lipinski definition) is 3. The molecular weight excluding hydrogens is 160 g/mol. The summed E-state index contributed by atoms with van der Waals surface area (Å²) in [5.41, 5.74) is 1.58. The first kappa shape index (κ1) is 13.4. The third-order valence-electron chi connectivity index (χ3n) is 1.10. The Balaban J connectivity index is 0. The standard InChI is InChI=1S/C5H12O3Si.C2H6/c1-5-9(6-2,7-3)8-4;1-2/h5H,1H2,2-4H3;1-2H3. The lowest BCUT2D eigenvalue weighted by molar-refractivity contribution is 0.138. The summed E-state index contributed by atoms with van der Waals surface area (Å²) in [5.74, 6) is 0. The molecule has 0 radical (unpaired) electrons. The highest BCUT2D eigenvalue weighted by atomic mass is 28.4. The summed E-state index contributed by atoms with van der Waals surface area (Å²) >= 11 is 0. The van der Waals surface area contributed by atoms with Crippen LogP contribution in [0.3, 0.4) is 0 Å². The molecule has 11 heavy (non-hydrogen) atoms. The van der Waals surface area contributed by atoms with E-state index in [0.717, 1.165) is 0 Å². The molecule has 4 heteroatoms. The van der Waals surface area contributed by atoms with E-state index >= 15 is 0 Å². The summed E-state index contributed by atoms with van der Waals surface area (Å²) in [6, 6.07) is 0. The SMILES string of the molecule is C=C[Si](OC)(OC)OC.CC. The molecule has 0 heterocycles. The Morgan fingerprint density at radius 3 is 1.27 bits per heavy atom. The monoisotopic (exact) mass is 178 g/mol. The quantitative estimate of drug-likeness (QED) is 0.612. The van der Waals surface area contributed by atoms with Crippen LogP contribution < -0.4 is 0 Å². The van der Waals surface area contributed by atoms with Crippen LogP contribution in [0.25, 0.3) is 0 Å². The van der Waals surface area contributed by atoms with Crippen molar-refractivity contribution in [1.29, 1.82) is 0 Å². The van der Waals surface area contributed by atoms with E-state index in [1.54, 1.807) is 27.0 Å². The highest BCUT2D eigenvalue weighted by Gasteiger charge is 2.33. The minimum Gasteiger partial charge on any atom is -0.374 e. The highest BCUT2D eigenvalue weighted by molar-refractivity contribution is 6.66. The van der Waals surface area contributed by atoms with E-state index < -0.39 is 8.80 Å². The number of rotatable bonds is 4. The van der Waals surface area contributed by atoms with Gasteiger partial charge >= 0.3 is 8.80 Å². The lowest BCUT2D eigenvalue weighted by Gasteiger charge is -2.19. The van der Waals surface area contributed by atoms with E-state index in [4.69, 9.17) is 13.3 Å². The summed E-state index contributed by atoms with van der Waals surface area (Å²) in [6.45, 7) is 7.53. The van der Waals surface area contributed by atoms with Crippen LogP contribution in [0.2, 0.25) is 0 Å². The van der Waals surface area contributed by atoms with Crippen LogP contribution in [0.5, 0.6) is 0 Å². The van der Waals surface area contributed by atoms with Gasteiger partial charge in [-0.3, -0.25) is 0 Å². The third-order valence-corrected chi connectivity index (χ3v) is 3.31. The van der Waals surface area contributed by atoms with Gasteiger partial charge in [-0.05, 0) is 5.70 Å². The lowest BCUT2D eigenvalue weighted by Crippen LogP contribution is -2.40. The molecule has 0 amide bonds. The first-order chi connectivity index (χ1) is 5.24. The summed E-state index contributed by atoms with van der Waals surface area (Å²) in [4.78, 5) is 0. The van der Waals surface area contributed by atoms with Crippen molar-refractivity contribution >= 4 is 8.80 Å². The fraction of sp³-hybridized carbons (Fsp3) is 0.714. The molecule has 0 aliphatic rings. The van der Waals surface area contributed by atoms with Gasteiger partial charge in [-0.1, -0.05) is 20.4 Å². The largest absolute Gasteiger partial charge is 0.528 e. The van der Waals surface area contributed by atoms with Crippen molar-refractivity contribution in [2.75, 3.05) is 21.3 Å². The lowest BCUT2D eigenvalue weighted by atomic mass is 11.0. The third kappa shape index (κ3) is 4.31. The van der Waals surface area contributed by atoms with Gasteiger partial charge in [0.15, 0.2) is 0 Å². The highest BCUT2D eigenvalue weighted by Crippen LogP contribution is 2.04. The van der Waals surface area contributed by atoms with Gasteiger partial charge in [-0.15, -0.1) is 0 Å². The molecule has 0 aromatic carbocycles. The van der Waals surface area contributed by atoms with Gasteiger partial charge in [-0.25, -0.2) is 0 Å². The van der Waals surface area contributed by atoms with Gasteiger partial charge in [0, 0.05) is 21.3 Å². The van der Waals surface area contributed by atoms with Crippen LogP contribution >= 0.6 is 0 Å². The maximum absolute atomic E-state index is 4.96. The van der Waals surface area contributed by atoms with Crippen LogP contribution in [0, 0.1) is 0 Å². The fourth-order valence-electron chi connectivity index (χ4n) is 0.500. The molecule has 0 bridgehead atoms. The van der Waals surface area contributed by atoms with E-state index in [1.165, 1.54) is 0 Å². The second-order valence-corrected chi connectivity index (χ2v) is 4.26. The first-order valence-corrected chi connectivity index (χ1v) is 5.34. The van der Waals surface area contributed by atoms with Crippen molar-refractivity contribution in [3.8, 4) is 0 Å². The second kappa shape index (κ2) is 7.94. The molecular formula is C7H18O3Si. The van der Waals surface area contributed by atoms with E-state index in [9.17, 15) is 0 Å². The zero-order valence-electron chi connectivity index (χ0n) is 8.01. The predicted molar refractivity (Wildman–Crippen MR) is 48.3 cm³/mol. The van der Waals surface area contributed by atoms with Crippen molar-refractivity contribution in [1.82, 2.24) is 0 Å². The van der Waals surface area contributed by atoms with Gasteiger partial charge in [0.05, 0.1) is 0 Å². The molecule has 68 valence electrons. The zero-order valence-corrected chi connectivity index (χ0v) is 9.01. The average molecular weight is 178 g/mol. The Bertz CT molecular complexity index is 83.4. The summed E-state index contributed by atoms with van der Waals surface area (Å²) in [6.07, 6.45) is 0. The van der Waals surface area contributed by atoms with Gasteiger partial charge in [0.1, 0.15) is 0 Å². The second-order valence-electron chi connectivity index (χ2n) is 1.42. The van der Waals surface area contributed by atoms with Crippen LogP contribution in [0.15, 0.2) is 12.3 Å². The Morgan fingerprint density at radius 2 is 1.27 bits per heavy atom. The minimum atomic E-state index is -2.43. The molecule has 0 aromatic heterocycles.